The molecule has 0 saturated carbocycles. The van der Waals surface area contributed by atoms with Gasteiger partial charge in [0.2, 0.25) is 0 Å². The lowest BCUT2D eigenvalue weighted by atomic mass is 9.86. The highest BCUT2D eigenvalue weighted by atomic mass is 19.4. The summed E-state index contributed by atoms with van der Waals surface area (Å²) < 4.78 is 75.1. The molecule has 36 heavy (non-hydrogen) atoms. The van der Waals surface area contributed by atoms with Crippen molar-refractivity contribution in [3.8, 4) is 0 Å². The summed E-state index contributed by atoms with van der Waals surface area (Å²) >= 11 is 0. The van der Waals surface area contributed by atoms with Gasteiger partial charge in [-0.25, -0.2) is 0 Å². The molecule has 2 aliphatic rings. The van der Waals surface area contributed by atoms with Gasteiger partial charge in [0.1, 0.15) is 0 Å². The zero-order chi connectivity index (χ0) is 26.2. The lowest BCUT2D eigenvalue weighted by molar-refractivity contribution is -0.138. The number of halogens is 6. The van der Waals surface area contributed by atoms with E-state index in [1.54, 1.807) is 19.1 Å². The molecule has 4 rings (SSSR count). The number of aryl methyl sites for hydroxylation is 1. The number of piperidine rings is 1. The molecule has 2 aliphatic heterocycles. The Morgan fingerprint density at radius 2 is 1.42 bits per heavy atom. The van der Waals surface area contributed by atoms with E-state index in [0.29, 0.717) is 5.92 Å². The molecule has 1 N–H and O–H groups in total. The van der Waals surface area contributed by atoms with Gasteiger partial charge in [-0.2, -0.15) is 26.3 Å². The zero-order valence-electron chi connectivity index (χ0n) is 20.9. The van der Waals surface area contributed by atoms with E-state index in [0.717, 1.165) is 68.1 Å². The molecule has 0 radical (unpaired) electrons. The van der Waals surface area contributed by atoms with Crippen LogP contribution < -0.4 is 5.32 Å². The first-order valence-electron chi connectivity index (χ1n) is 12.2. The number of nitrogens with one attached hydrogen (secondary N) is 1. The van der Waals surface area contributed by atoms with Crippen molar-refractivity contribution in [2.24, 2.45) is 0 Å². The maximum atomic E-state index is 12.6. The quantitative estimate of drug-likeness (QED) is 0.401. The van der Waals surface area contributed by atoms with Crippen LogP contribution >= 0.6 is 0 Å². The fraction of sp³-hybridized carbons (Fsp3) is 0.571. The van der Waals surface area contributed by atoms with E-state index in [1.165, 1.54) is 24.3 Å². The van der Waals surface area contributed by atoms with E-state index in [-0.39, 0.29) is 13.5 Å². The SMILES string of the molecule is C.CC.Cc1cc(C(F)(F)F)ccc1C1CCN(C)CC1.FC(F)(F)c1cccc(C2CCCN2)c1. The number of likely N-dealkylation sites (tertiary alicyclic amines) is 1. The number of rotatable bonds is 2. The van der Waals surface area contributed by atoms with Gasteiger partial charge in [-0.3, -0.25) is 0 Å². The van der Waals surface area contributed by atoms with Gasteiger partial charge in [0.05, 0.1) is 11.1 Å². The predicted octanol–water partition coefficient (Wildman–Crippen LogP) is 8.62. The van der Waals surface area contributed by atoms with E-state index in [4.69, 9.17) is 0 Å². The van der Waals surface area contributed by atoms with Crippen LogP contribution in [0.3, 0.4) is 0 Å². The number of benzene rings is 2. The van der Waals surface area contributed by atoms with E-state index >= 15 is 0 Å². The molecule has 8 heteroatoms. The summed E-state index contributed by atoms with van der Waals surface area (Å²) in [5, 5.41) is 3.18. The third-order valence-electron chi connectivity index (χ3n) is 6.43. The minimum absolute atomic E-state index is 0. The summed E-state index contributed by atoms with van der Waals surface area (Å²) in [4.78, 5) is 2.26. The van der Waals surface area contributed by atoms with Crippen LogP contribution in [0.25, 0.3) is 0 Å². The molecule has 1 unspecified atom stereocenters. The summed E-state index contributed by atoms with van der Waals surface area (Å²) in [5.74, 6) is 0.406. The summed E-state index contributed by atoms with van der Waals surface area (Å²) in [6, 6.07) is 9.80. The Bertz CT molecular complexity index is 909. The third-order valence-corrected chi connectivity index (χ3v) is 6.43. The van der Waals surface area contributed by atoms with Crippen LogP contribution in [0.4, 0.5) is 26.3 Å². The van der Waals surface area contributed by atoms with Crippen LogP contribution in [0.5, 0.6) is 0 Å². The molecule has 2 heterocycles. The van der Waals surface area contributed by atoms with Gasteiger partial charge >= 0.3 is 12.4 Å². The average Bonchev–Trinajstić information content (AvgIpc) is 3.36. The molecular weight excluding hydrogens is 478 g/mol. The second-order valence-corrected chi connectivity index (χ2v) is 8.92. The molecule has 2 fully saturated rings. The first-order valence-corrected chi connectivity index (χ1v) is 12.2. The van der Waals surface area contributed by atoms with Crippen LogP contribution in [0.2, 0.25) is 0 Å². The second-order valence-electron chi connectivity index (χ2n) is 8.92. The number of alkyl halides is 6. The highest BCUT2D eigenvalue weighted by Crippen LogP contribution is 2.35. The Hall–Kier alpha value is -2.06. The molecule has 0 aliphatic carbocycles. The molecule has 1 atom stereocenters. The van der Waals surface area contributed by atoms with Crippen LogP contribution in [0, 0.1) is 6.92 Å². The van der Waals surface area contributed by atoms with Crippen molar-refractivity contribution in [1.29, 1.82) is 0 Å². The molecule has 0 aromatic heterocycles. The van der Waals surface area contributed by atoms with Crippen LogP contribution in [0.1, 0.15) is 86.7 Å². The topological polar surface area (TPSA) is 15.3 Å². The van der Waals surface area contributed by atoms with Crippen LogP contribution in [0.15, 0.2) is 42.5 Å². The highest BCUT2D eigenvalue weighted by Gasteiger charge is 2.32. The Morgan fingerprint density at radius 1 is 0.833 bits per heavy atom. The minimum atomic E-state index is -4.24. The predicted molar refractivity (Wildman–Crippen MR) is 135 cm³/mol. The van der Waals surface area contributed by atoms with Gasteiger partial charge in [-0.1, -0.05) is 39.5 Å². The molecule has 0 spiro atoms. The van der Waals surface area contributed by atoms with Gasteiger partial charge in [0, 0.05) is 6.04 Å². The van der Waals surface area contributed by atoms with Crippen molar-refractivity contribution in [2.45, 2.75) is 78.2 Å². The van der Waals surface area contributed by atoms with Crippen molar-refractivity contribution in [2.75, 3.05) is 26.7 Å². The summed E-state index contributed by atoms with van der Waals surface area (Å²) in [6.07, 6.45) is -4.47. The van der Waals surface area contributed by atoms with Crippen molar-refractivity contribution < 1.29 is 26.3 Å². The van der Waals surface area contributed by atoms with Crippen molar-refractivity contribution in [3.05, 3.63) is 70.3 Å². The fourth-order valence-electron chi connectivity index (χ4n) is 4.53. The van der Waals surface area contributed by atoms with Crippen molar-refractivity contribution in [3.63, 3.8) is 0 Å². The van der Waals surface area contributed by atoms with E-state index in [1.807, 2.05) is 13.8 Å². The van der Waals surface area contributed by atoms with Gasteiger partial charge in [0.15, 0.2) is 0 Å². The van der Waals surface area contributed by atoms with E-state index in [2.05, 4.69) is 17.3 Å². The van der Waals surface area contributed by atoms with E-state index < -0.39 is 23.5 Å². The molecule has 0 bridgehead atoms. The lowest BCUT2D eigenvalue weighted by Gasteiger charge is -2.30. The summed E-state index contributed by atoms with van der Waals surface area (Å²) in [7, 11) is 2.08. The largest absolute Gasteiger partial charge is 0.416 e. The Morgan fingerprint density at radius 3 is 1.92 bits per heavy atom. The monoisotopic (exact) mass is 518 g/mol. The maximum absolute atomic E-state index is 12.6. The molecule has 204 valence electrons. The van der Waals surface area contributed by atoms with Crippen molar-refractivity contribution in [1.82, 2.24) is 10.2 Å². The maximum Gasteiger partial charge on any atom is 0.416 e. The van der Waals surface area contributed by atoms with Crippen molar-refractivity contribution >= 4 is 0 Å². The Balaban J connectivity index is 0.000000332. The smallest absolute Gasteiger partial charge is 0.310 e. The van der Waals surface area contributed by atoms with Gasteiger partial charge < -0.3 is 10.2 Å². The highest BCUT2D eigenvalue weighted by molar-refractivity contribution is 5.35. The lowest BCUT2D eigenvalue weighted by Crippen LogP contribution is -2.29. The van der Waals surface area contributed by atoms with Gasteiger partial charge in [-0.05, 0) is 106 Å². The first kappa shape index (κ1) is 32.0. The zero-order valence-corrected chi connectivity index (χ0v) is 20.9. The van der Waals surface area contributed by atoms with Gasteiger partial charge in [0.25, 0.3) is 0 Å². The summed E-state index contributed by atoms with van der Waals surface area (Å²) in [5.41, 5.74) is 1.48. The number of hydrogen-bond donors (Lipinski definition) is 1. The molecular formula is C28H40F6N2. The number of nitrogens with zero attached hydrogens (tertiary/aromatic N) is 1. The molecule has 2 aromatic rings. The first-order chi connectivity index (χ1) is 16.4. The molecule has 0 amide bonds. The average molecular weight is 519 g/mol. The Kier molecular flexibility index (Phi) is 12.5. The molecule has 2 aromatic carbocycles. The number of hydrogen-bond acceptors (Lipinski definition) is 2. The standard InChI is InChI=1S/C14H18F3N.C11H12F3N.C2H6.CH4/c1-10-9-12(14(15,16)17)3-4-13(10)11-5-7-18(2)8-6-11;12-11(13,14)9-4-1-3-8(7-9)10-5-2-6-15-10;1-2;/h3-4,9,11H,5-8H2,1-2H3;1,3-4,7,10,15H,2,5-6H2;1-2H3;1H4. The fourth-order valence-corrected chi connectivity index (χ4v) is 4.53. The van der Waals surface area contributed by atoms with Gasteiger partial charge in [-0.15, -0.1) is 0 Å². The van der Waals surface area contributed by atoms with E-state index in [9.17, 15) is 26.3 Å². The normalized spacial score (nSPS) is 18.9. The third kappa shape index (κ3) is 9.11. The van der Waals surface area contributed by atoms with Crippen LogP contribution in [-0.2, 0) is 12.4 Å². The Labute approximate surface area is 212 Å². The minimum Gasteiger partial charge on any atom is -0.310 e. The second kappa shape index (κ2) is 14.0. The summed E-state index contributed by atoms with van der Waals surface area (Å²) in [6.45, 7) is 8.71. The van der Waals surface area contributed by atoms with Crippen LogP contribution in [-0.4, -0.2) is 31.6 Å². The molecule has 2 saturated heterocycles. The molecule has 2 nitrogen and oxygen atoms in total.